The number of hydrogen-bond donors (Lipinski definition) is 1. The second-order valence-electron chi connectivity index (χ2n) is 2.84. The smallest absolute Gasteiger partial charge is 0.343 e. The van der Waals surface area contributed by atoms with Gasteiger partial charge in [-0.3, -0.25) is 10.1 Å². The average Bonchev–Trinajstić information content (AvgIpc) is 2.25. The summed E-state index contributed by atoms with van der Waals surface area (Å²) in [5.41, 5.74) is -0.560. The van der Waals surface area contributed by atoms with E-state index in [1.54, 1.807) is 0 Å². The molecule has 1 aromatic rings. The topological polar surface area (TPSA) is 89.7 Å². The van der Waals surface area contributed by atoms with Crippen molar-refractivity contribution in [2.24, 2.45) is 0 Å². The number of carboxylic acids is 1. The van der Waals surface area contributed by atoms with Crippen LogP contribution in [0.4, 0.5) is 5.69 Å². The van der Waals surface area contributed by atoms with Gasteiger partial charge in [-0.15, -0.1) is 0 Å². The molecule has 0 aliphatic rings. The Balaban J connectivity index is 3.38. The molecule has 6 nitrogen and oxygen atoms in total. The summed E-state index contributed by atoms with van der Waals surface area (Å²) in [6, 6.07) is 4.03. The summed E-state index contributed by atoms with van der Waals surface area (Å²) >= 11 is 0. The molecule has 0 aliphatic heterocycles. The summed E-state index contributed by atoms with van der Waals surface area (Å²) in [7, 11) is 1.40. The number of nitro groups is 1. The SMILES string of the molecule is CO/C=C/c1cccc([N+](=O)[O-])c1C(=O)O. The largest absolute Gasteiger partial charge is 0.504 e. The molecule has 0 heterocycles. The minimum atomic E-state index is -1.34. The fraction of sp³-hybridized carbons (Fsp3) is 0.100. The Bertz CT molecular complexity index is 453. The van der Waals surface area contributed by atoms with E-state index in [-0.39, 0.29) is 11.1 Å². The van der Waals surface area contributed by atoms with Crippen molar-refractivity contribution in [3.8, 4) is 0 Å². The molecule has 1 aromatic carbocycles. The van der Waals surface area contributed by atoms with Gasteiger partial charge >= 0.3 is 5.97 Å². The van der Waals surface area contributed by atoms with Gasteiger partial charge in [-0.1, -0.05) is 12.1 Å². The van der Waals surface area contributed by atoms with Crippen molar-refractivity contribution in [1.29, 1.82) is 0 Å². The van der Waals surface area contributed by atoms with Crippen LogP contribution in [0.2, 0.25) is 0 Å². The molecule has 84 valence electrons. The molecule has 1 rings (SSSR count). The van der Waals surface area contributed by atoms with Crippen molar-refractivity contribution in [3.63, 3.8) is 0 Å². The molecule has 0 radical (unpaired) electrons. The molecule has 0 saturated heterocycles. The molecule has 0 fully saturated rings. The van der Waals surface area contributed by atoms with E-state index >= 15 is 0 Å². The third kappa shape index (κ3) is 2.35. The number of benzene rings is 1. The van der Waals surface area contributed by atoms with Gasteiger partial charge in [0.1, 0.15) is 5.56 Å². The van der Waals surface area contributed by atoms with Crippen LogP contribution in [-0.4, -0.2) is 23.1 Å². The van der Waals surface area contributed by atoms with Crippen LogP contribution in [0.25, 0.3) is 6.08 Å². The lowest BCUT2D eigenvalue weighted by molar-refractivity contribution is -0.385. The van der Waals surface area contributed by atoms with Crippen molar-refractivity contribution in [2.45, 2.75) is 0 Å². The second-order valence-corrected chi connectivity index (χ2v) is 2.84. The quantitative estimate of drug-likeness (QED) is 0.478. The van der Waals surface area contributed by atoms with Crippen molar-refractivity contribution in [1.82, 2.24) is 0 Å². The van der Waals surface area contributed by atoms with Crippen molar-refractivity contribution < 1.29 is 19.6 Å². The first kappa shape index (κ1) is 11.7. The number of aromatic carboxylic acids is 1. The van der Waals surface area contributed by atoms with Crippen molar-refractivity contribution >= 4 is 17.7 Å². The fourth-order valence-electron chi connectivity index (χ4n) is 1.22. The molecule has 6 heteroatoms. The predicted molar refractivity (Wildman–Crippen MR) is 56.1 cm³/mol. The molecule has 0 atom stereocenters. The zero-order valence-electron chi connectivity index (χ0n) is 8.41. The summed E-state index contributed by atoms with van der Waals surface area (Å²) in [5, 5.41) is 19.6. The molecule has 0 aliphatic carbocycles. The molecule has 0 bridgehead atoms. The number of nitro benzene ring substituents is 1. The van der Waals surface area contributed by atoms with E-state index < -0.39 is 16.6 Å². The number of carboxylic acid groups (broad SMARTS) is 1. The highest BCUT2D eigenvalue weighted by molar-refractivity contribution is 5.96. The first-order valence-corrected chi connectivity index (χ1v) is 4.28. The Morgan fingerprint density at radius 2 is 2.25 bits per heavy atom. The normalized spacial score (nSPS) is 10.3. The van der Waals surface area contributed by atoms with E-state index in [0.29, 0.717) is 0 Å². The van der Waals surface area contributed by atoms with Crippen LogP contribution in [0.5, 0.6) is 0 Å². The maximum absolute atomic E-state index is 10.9. The third-order valence-electron chi connectivity index (χ3n) is 1.87. The minimum Gasteiger partial charge on any atom is -0.504 e. The van der Waals surface area contributed by atoms with Gasteiger partial charge < -0.3 is 9.84 Å². The molecule has 0 aromatic heterocycles. The number of hydrogen-bond acceptors (Lipinski definition) is 4. The predicted octanol–water partition coefficient (Wildman–Crippen LogP) is 1.91. The summed E-state index contributed by atoms with van der Waals surface area (Å²) in [4.78, 5) is 20.8. The Labute approximate surface area is 90.9 Å². The highest BCUT2D eigenvalue weighted by Gasteiger charge is 2.22. The fourth-order valence-corrected chi connectivity index (χ4v) is 1.22. The Morgan fingerprint density at radius 3 is 2.75 bits per heavy atom. The van der Waals surface area contributed by atoms with Gasteiger partial charge in [0.15, 0.2) is 0 Å². The number of ether oxygens (including phenoxy) is 1. The Kier molecular flexibility index (Phi) is 3.60. The molecular weight excluding hydrogens is 214 g/mol. The average molecular weight is 223 g/mol. The first-order valence-electron chi connectivity index (χ1n) is 4.28. The van der Waals surface area contributed by atoms with Gasteiger partial charge in [0.25, 0.3) is 5.69 Å². The van der Waals surface area contributed by atoms with Gasteiger partial charge in [-0.05, 0) is 11.6 Å². The van der Waals surface area contributed by atoms with E-state index in [4.69, 9.17) is 5.11 Å². The number of rotatable bonds is 4. The summed E-state index contributed by atoms with van der Waals surface area (Å²) in [5.74, 6) is -1.34. The van der Waals surface area contributed by atoms with E-state index in [1.165, 1.54) is 31.6 Å². The number of methoxy groups -OCH3 is 1. The van der Waals surface area contributed by atoms with E-state index in [0.717, 1.165) is 6.07 Å². The second kappa shape index (κ2) is 4.92. The molecule has 0 saturated carbocycles. The van der Waals surface area contributed by atoms with Crippen LogP contribution >= 0.6 is 0 Å². The molecule has 16 heavy (non-hydrogen) atoms. The van der Waals surface area contributed by atoms with Crippen LogP contribution in [0.1, 0.15) is 15.9 Å². The number of carbonyl (C=O) groups is 1. The lowest BCUT2D eigenvalue weighted by Gasteiger charge is -2.01. The Hall–Kier alpha value is -2.37. The number of nitrogens with zero attached hydrogens (tertiary/aromatic N) is 1. The third-order valence-corrected chi connectivity index (χ3v) is 1.87. The lowest BCUT2D eigenvalue weighted by atomic mass is 10.1. The zero-order valence-corrected chi connectivity index (χ0v) is 8.41. The van der Waals surface area contributed by atoms with Gasteiger partial charge in [0.05, 0.1) is 18.3 Å². The molecule has 0 amide bonds. The summed E-state index contributed by atoms with van der Waals surface area (Å²) in [6.45, 7) is 0. The van der Waals surface area contributed by atoms with Crippen LogP contribution < -0.4 is 0 Å². The van der Waals surface area contributed by atoms with Crippen LogP contribution in [0.3, 0.4) is 0 Å². The van der Waals surface area contributed by atoms with Crippen molar-refractivity contribution in [2.75, 3.05) is 7.11 Å². The lowest BCUT2D eigenvalue weighted by Crippen LogP contribution is -2.04. The van der Waals surface area contributed by atoms with Gasteiger partial charge in [0.2, 0.25) is 0 Å². The Morgan fingerprint density at radius 1 is 1.56 bits per heavy atom. The highest BCUT2D eigenvalue weighted by atomic mass is 16.6. The standard InChI is InChI=1S/C10H9NO5/c1-16-6-5-7-3-2-4-8(11(14)15)9(7)10(12)13/h2-6H,1H3,(H,12,13)/b6-5+. The van der Waals surface area contributed by atoms with Crippen molar-refractivity contribution in [3.05, 3.63) is 45.7 Å². The molecular formula is C10H9NO5. The monoisotopic (exact) mass is 223 g/mol. The van der Waals surface area contributed by atoms with E-state index in [2.05, 4.69) is 4.74 Å². The van der Waals surface area contributed by atoms with Crippen LogP contribution in [0, 0.1) is 10.1 Å². The van der Waals surface area contributed by atoms with Gasteiger partial charge in [0, 0.05) is 6.07 Å². The van der Waals surface area contributed by atoms with Crippen LogP contribution in [-0.2, 0) is 4.74 Å². The maximum atomic E-state index is 10.9. The van der Waals surface area contributed by atoms with E-state index in [1.807, 2.05) is 0 Å². The minimum absolute atomic E-state index is 0.226. The molecule has 0 unspecified atom stereocenters. The maximum Gasteiger partial charge on any atom is 0.343 e. The van der Waals surface area contributed by atoms with Crippen LogP contribution in [0.15, 0.2) is 24.5 Å². The van der Waals surface area contributed by atoms with E-state index in [9.17, 15) is 14.9 Å². The summed E-state index contributed by atoms with van der Waals surface area (Å²) < 4.78 is 4.64. The van der Waals surface area contributed by atoms with Gasteiger partial charge in [-0.25, -0.2) is 4.79 Å². The molecule has 1 N–H and O–H groups in total. The highest BCUT2D eigenvalue weighted by Crippen LogP contribution is 2.23. The summed E-state index contributed by atoms with van der Waals surface area (Å²) in [6.07, 6.45) is 2.61. The zero-order chi connectivity index (χ0) is 12.1. The first-order chi connectivity index (χ1) is 7.57. The molecule has 0 spiro atoms. The van der Waals surface area contributed by atoms with Gasteiger partial charge in [-0.2, -0.15) is 0 Å².